The molecule has 0 atom stereocenters. The van der Waals surface area contributed by atoms with E-state index in [1.165, 1.54) is 12.1 Å². The minimum absolute atomic E-state index is 0. The SMILES string of the molecule is CN=C(NCCc1ccc(F)cc1Cl)NCc1nc(C(F)(F)F)cs1.I. The van der Waals surface area contributed by atoms with Gasteiger partial charge in [-0.05, 0) is 24.1 Å². The van der Waals surface area contributed by atoms with Gasteiger partial charge in [-0.1, -0.05) is 17.7 Å². The molecule has 0 saturated carbocycles. The van der Waals surface area contributed by atoms with E-state index in [0.29, 0.717) is 29.0 Å². The fourth-order valence-corrected chi connectivity index (χ4v) is 2.94. The first-order chi connectivity index (χ1) is 11.8. The summed E-state index contributed by atoms with van der Waals surface area (Å²) in [6.07, 6.45) is -3.90. The molecule has 0 radical (unpaired) electrons. The zero-order valence-electron chi connectivity index (χ0n) is 13.5. The summed E-state index contributed by atoms with van der Waals surface area (Å²) < 4.78 is 50.5. The summed E-state index contributed by atoms with van der Waals surface area (Å²) in [5, 5.41) is 7.51. The number of thiazole rings is 1. The van der Waals surface area contributed by atoms with Gasteiger partial charge in [-0.15, -0.1) is 35.3 Å². The lowest BCUT2D eigenvalue weighted by atomic mass is 10.1. The first-order valence-electron chi connectivity index (χ1n) is 7.19. The van der Waals surface area contributed by atoms with Crippen LogP contribution in [0.25, 0.3) is 0 Å². The first kappa shape index (κ1) is 22.9. The van der Waals surface area contributed by atoms with E-state index in [-0.39, 0.29) is 30.5 Å². The van der Waals surface area contributed by atoms with Gasteiger partial charge in [0.15, 0.2) is 11.7 Å². The van der Waals surface area contributed by atoms with Gasteiger partial charge in [-0.2, -0.15) is 13.2 Å². The second-order valence-corrected chi connectivity index (χ2v) is 6.31. The molecule has 1 aromatic carbocycles. The summed E-state index contributed by atoms with van der Waals surface area (Å²) in [5.74, 6) is 0.0165. The van der Waals surface area contributed by atoms with Crippen LogP contribution in [0.3, 0.4) is 0 Å². The Morgan fingerprint density at radius 3 is 2.62 bits per heavy atom. The number of nitrogens with zero attached hydrogens (tertiary/aromatic N) is 2. The molecule has 1 aromatic heterocycles. The third kappa shape index (κ3) is 6.88. The van der Waals surface area contributed by atoms with Crippen molar-refractivity contribution < 1.29 is 17.6 Å². The Kier molecular flexibility index (Phi) is 9.04. The van der Waals surface area contributed by atoms with Crippen molar-refractivity contribution >= 4 is 52.9 Å². The third-order valence-corrected chi connectivity index (χ3v) is 4.38. The number of halogens is 6. The van der Waals surface area contributed by atoms with Gasteiger partial charge in [0.25, 0.3) is 0 Å². The minimum atomic E-state index is -4.44. The molecule has 0 aliphatic heterocycles. The molecule has 0 spiro atoms. The number of hydrogen-bond donors (Lipinski definition) is 2. The van der Waals surface area contributed by atoms with Gasteiger partial charge < -0.3 is 10.6 Å². The Morgan fingerprint density at radius 1 is 1.31 bits per heavy atom. The Labute approximate surface area is 174 Å². The molecule has 0 bridgehead atoms. The van der Waals surface area contributed by atoms with Crippen molar-refractivity contribution in [1.29, 1.82) is 0 Å². The maximum absolute atomic E-state index is 13.0. The van der Waals surface area contributed by atoms with Gasteiger partial charge in [0.2, 0.25) is 0 Å². The first-order valence-corrected chi connectivity index (χ1v) is 8.45. The predicted octanol–water partition coefficient (Wildman–Crippen LogP) is 4.48. The number of alkyl halides is 3. The molecule has 4 nitrogen and oxygen atoms in total. The van der Waals surface area contributed by atoms with Crippen molar-refractivity contribution in [2.45, 2.75) is 19.1 Å². The highest BCUT2D eigenvalue weighted by Crippen LogP contribution is 2.29. The summed E-state index contributed by atoms with van der Waals surface area (Å²) >= 11 is 6.87. The topological polar surface area (TPSA) is 49.3 Å². The molecule has 26 heavy (non-hydrogen) atoms. The van der Waals surface area contributed by atoms with Crippen LogP contribution in [-0.4, -0.2) is 24.5 Å². The van der Waals surface area contributed by atoms with Gasteiger partial charge in [0, 0.05) is 24.0 Å². The van der Waals surface area contributed by atoms with Gasteiger partial charge in [-0.25, -0.2) is 9.37 Å². The van der Waals surface area contributed by atoms with Gasteiger partial charge in [-0.3, -0.25) is 4.99 Å². The van der Waals surface area contributed by atoms with Gasteiger partial charge in [0.05, 0.1) is 6.54 Å². The van der Waals surface area contributed by atoms with E-state index in [1.807, 2.05) is 0 Å². The predicted molar refractivity (Wildman–Crippen MR) is 106 cm³/mol. The highest BCUT2D eigenvalue weighted by Gasteiger charge is 2.33. The van der Waals surface area contributed by atoms with Crippen LogP contribution in [0.5, 0.6) is 0 Å². The van der Waals surface area contributed by atoms with Crippen LogP contribution >= 0.6 is 46.9 Å². The van der Waals surface area contributed by atoms with Crippen LogP contribution in [0.2, 0.25) is 5.02 Å². The lowest BCUT2D eigenvalue weighted by Gasteiger charge is -2.11. The maximum Gasteiger partial charge on any atom is 0.434 e. The normalized spacial score (nSPS) is 11.8. The van der Waals surface area contributed by atoms with Crippen molar-refractivity contribution in [3.05, 3.63) is 50.7 Å². The van der Waals surface area contributed by atoms with E-state index in [2.05, 4.69) is 20.6 Å². The van der Waals surface area contributed by atoms with Crippen LogP contribution in [-0.2, 0) is 19.1 Å². The number of aromatic nitrogens is 1. The summed E-state index contributed by atoms with van der Waals surface area (Å²) in [5.41, 5.74) is -0.121. The third-order valence-electron chi connectivity index (χ3n) is 3.17. The number of benzene rings is 1. The fourth-order valence-electron chi connectivity index (χ4n) is 1.94. The number of guanidine groups is 1. The molecule has 0 amide bonds. The highest BCUT2D eigenvalue weighted by atomic mass is 127. The van der Waals surface area contributed by atoms with Gasteiger partial charge >= 0.3 is 6.18 Å². The zero-order chi connectivity index (χ0) is 18.4. The summed E-state index contributed by atoms with van der Waals surface area (Å²) in [7, 11) is 1.54. The van der Waals surface area contributed by atoms with Crippen LogP contribution in [0.15, 0.2) is 28.6 Å². The quantitative estimate of drug-likeness (QED) is 0.264. The largest absolute Gasteiger partial charge is 0.434 e. The second kappa shape index (κ2) is 10.3. The summed E-state index contributed by atoms with van der Waals surface area (Å²) in [6, 6.07) is 4.17. The van der Waals surface area contributed by atoms with E-state index >= 15 is 0 Å². The molecule has 2 aromatic rings. The number of aliphatic imine (C=N–C) groups is 1. The van der Waals surface area contributed by atoms with Crippen molar-refractivity contribution in [3.8, 4) is 0 Å². The maximum atomic E-state index is 13.0. The average molecular weight is 523 g/mol. The van der Waals surface area contributed by atoms with Crippen molar-refractivity contribution in [1.82, 2.24) is 15.6 Å². The molecule has 0 aliphatic carbocycles. The Balaban J connectivity index is 0.00000338. The smallest absolute Gasteiger partial charge is 0.356 e. The molecule has 0 aliphatic rings. The molecular weight excluding hydrogens is 507 g/mol. The molecule has 0 unspecified atom stereocenters. The lowest BCUT2D eigenvalue weighted by molar-refractivity contribution is -0.140. The van der Waals surface area contributed by atoms with Gasteiger partial charge in [0.1, 0.15) is 10.8 Å². The van der Waals surface area contributed by atoms with E-state index in [4.69, 9.17) is 11.6 Å². The van der Waals surface area contributed by atoms with Crippen LogP contribution < -0.4 is 10.6 Å². The van der Waals surface area contributed by atoms with Crippen molar-refractivity contribution in [2.75, 3.05) is 13.6 Å². The van der Waals surface area contributed by atoms with Crippen molar-refractivity contribution in [2.24, 2.45) is 4.99 Å². The lowest BCUT2D eigenvalue weighted by Crippen LogP contribution is -2.37. The highest BCUT2D eigenvalue weighted by molar-refractivity contribution is 14.0. The number of nitrogens with one attached hydrogen (secondary N) is 2. The van der Waals surface area contributed by atoms with Crippen LogP contribution in [0, 0.1) is 5.82 Å². The number of rotatable bonds is 5. The molecular formula is C15H16ClF4IN4S. The standard InChI is InChI=1S/C15H15ClF4N4S.HI/c1-21-14(22-5-4-9-2-3-10(17)6-11(9)16)23-7-13-24-12(8-25-13)15(18,19)20;/h2-3,6,8H,4-5,7H2,1H3,(H2,21,22,23);1H. The summed E-state index contributed by atoms with van der Waals surface area (Å²) in [6.45, 7) is 0.592. The Bertz CT molecular complexity index is 751. The zero-order valence-corrected chi connectivity index (χ0v) is 17.4. The average Bonchev–Trinajstić information content (AvgIpc) is 3.01. The van der Waals surface area contributed by atoms with E-state index < -0.39 is 17.7 Å². The van der Waals surface area contributed by atoms with E-state index in [0.717, 1.165) is 22.3 Å². The molecule has 144 valence electrons. The van der Waals surface area contributed by atoms with Crippen LogP contribution in [0.4, 0.5) is 17.6 Å². The molecule has 0 fully saturated rings. The molecule has 0 saturated heterocycles. The Morgan fingerprint density at radius 2 is 2.04 bits per heavy atom. The minimum Gasteiger partial charge on any atom is -0.356 e. The monoisotopic (exact) mass is 522 g/mol. The number of hydrogen-bond acceptors (Lipinski definition) is 3. The second-order valence-electron chi connectivity index (χ2n) is 4.96. The molecule has 1 heterocycles. The Hall–Kier alpha value is -1.14. The summed E-state index contributed by atoms with van der Waals surface area (Å²) in [4.78, 5) is 7.51. The molecule has 2 N–H and O–H groups in total. The van der Waals surface area contributed by atoms with E-state index in [1.54, 1.807) is 13.1 Å². The molecule has 2 rings (SSSR count). The van der Waals surface area contributed by atoms with Crippen LogP contribution in [0.1, 0.15) is 16.3 Å². The molecule has 11 heteroatoms. The fraction of sp³-hybridized carbons (Fsp3) is 0.333. The van der Waals surface area contributed by atoms with E-state index in [9.17, 15) is 17.6 Å². The van der Waals surface area contributed by atoms with Crippen molar-refractivity contribution in [3.63, 3.8) is 0 Å².